The van der Waals surface area contributed by atoms with Crippen molar-refractivity contribution in [2.45, 2.75) is 166 Å². The Balaban J connectivity index is 0.00000199. The molecule has 0 aromatic rings. The van der Waals surface area contributed by atoms with Crippen LogP contribution in [-0.4, -0.2) is 87.3 Å². The predicted octanol–water partition coefficient (Wildman–Crippen LogP) is 6.39. The van der Waals surface area contributed by atoms with Gasteiger partial charge in [-0.05, 0) is 66.1 Å². The molecular formula is C28H68NO9Si7Ti-. The quantitative estimate of drug-likeness (QED) is 0.153. The van der Waals surface area contributed by atoms with Crippen molar-refractivity contribution in [1.82, 2.24) is 0 Å². The minimum absolute atomic E-state index is 0. The molecule has 4 bridgehead atoms. The fourth-order valence-corrected chi connectivity index (χ4v) is 61.2. The van der Waals surface area contributed by atoms with Gasteiger partial charge in [-0.15, -0.1) is 0 Å². The first-order valence-corrected chi connectivity index (χ1v) is 32.1. The Kier molecular flexibility index (Phi) is 16.6. The van der Waals surface area contributed by atoms with Gasteiger partial charge in [-0.1, -0.05) is 83.1 Å². The Hall–Kier alpha value is 1.83. The van der Waals surface area contributed by atoms with Crippen molar-refractivity contribution in [2.75, 3.05) is 6.54 Å². The van der Waals surface area contributed by atoms with Gasteiger partial charge in [0.1, 0.15) is 0 Å². The summed E-state index contributed by atoms with van der Waals surface area (Å²) in [5.41, 5.74) is 7.14. The van der Waals surface area contributed by atoms with Crippen LogP contribution in [0, 0.1) is 6.55 Å². The first-order chi connectivity index (χ1) is 20.3. The second kappa shape index (κ2) is 16.7. The van der Waals surface area contributed by atoms with Crippen molar-refractivity contribution in [3.63, 3.8) is 0 Å². The van der Waals surface area contributed by atoms with E-state index in [1.807, 2.05) is 27.7 Å². The summed E-state index contributed by atoms with van der Waals surface area (Å²) in [5.74, 6) is 0. The summed E-state index contributed by atoms with van der Waals surface area (Å²) in [7, 11) is -23.2. The fourth-order valence-electron chi connectivity index (χ4n) is 6.12. The van der Waals surface area contributed by atoms with Crippen molar-refractivity contribution in [2.24, 2.45) is 5.73 Å². The molecule has 3 aliphatic rings. The van der Waals surface area contributed by atoms with E-state index >= 15 is 0 Å². The van der Waals surface area contributed by atoms with Crippen molar-refractivity contribution >= 4 is 59.9 Å². The number of fused-ring (bicyclic) bond motifs is 3. The monoisotopic (exact) mass is 806 g/mol. The largest absolute Gasteiger partial charge is 0.437 e. The molecule has 0 saturated carbocycles. The van der Waals surface area contributed by atoms with Crippen molar-refractivity contribution in [3.05, 3.63) is 6.55 Å². The molecule has 272 valence electrons. The minimum atomic E-state index is -3.52. The van der Waals surface area contributed by atoms with E-state index in [4.69, 9.17) is 42.1 Å². The number of nitrogens with two attached hydrogens (primary N) is 1. The fraction of sp³-hybridized carbons (Fsp3) is 0.964. The number of aliphatic hydroxyl groups is 1. The molecule has 5 N–H and O–H groups in total. The van der Waals surface area contributed by atoms with Gasteiger partial charge in [0, 0.05) is 44.8 Å². The predicted molar refractivity (Wildman–Crippen MR) is 197 cm³/mol. The number of aliphatic hydroxyl groups excluding tert-OH is 1. The zero-order valence-electron chi connectivity index (χ0n) is 31.4. The third kappa shape index (κ3) is 9.82. The van der Waals surface area contributed by atoms with Crippen LogP contribution in [0.4, 0.5) is 0 Å². The summed E-state index contributed by atoms with van der Waals surface area (Å²) in [6.45, 7) is 33.9. The van der Waals surface area contributed by atoms with Crippen LogP contribution in [0.5, 0.6) is 0 Å². The normalized spacial score (nSPS) is 40.0. The van der Waals surface area contributed by atoms with E-state index in [2.05, 4.69) is 55.4 Å². The Morgan fingerprint density at radius 2 is 0.891 bits per heavy atom. The molecular weight excluding hydrogens is 739 g/mol. The van der Waals surface area contributed by atoms with Gasteiger partial charge in [-0.3, -0.25) is 6.55 Å². The number of hydrogen-bond donors (Lipinski definition) is 4. The maximum Gasteiger partial charge on any atom is 0.331 e. The summed E-state index contributed by atoms with van der Waals surface area (Å²) in [4.78, 5) is 25.4. The van der Waals surface area contributed by atoms with Gasteiger partial charge < -0.3 is 45.1 Å². The summed E-state index contributed by atoms with van der Waals surface area (Å²) in [6, 6.07) is 0.685. The molecule has 0 radical (unpaired) electrons. The molecule has 7 unspecified atom stereocenters. The average molecular weight is 807 g/mol. The van der Waals surface area contributed by atoms with Crippen molar-refractivity contribution in [3.8, 4) is 0 Å². The SMILES string of the molecule is CC(C)O.[CH2-][Si]1(C(C)C)O[Si]2(C(C)C)C[Si](O)(C(C)C)O[Si]3(C(C)C)C[Si](O)(C(C)C)O[Si](C(C)C)(C[Si](CCCN)(O3)O2)O1.[Ti]. The van der Waals surface area contributed by atoms with Crippen LogP contribution >= 0.6 is 0 Å². The van der Waals surface area contributed by atoms with Crippen molar-refractivity contribution < 1.29 is 61.1 Å². The summed E-state index contributed by atoms with van der Waals surface area (Å²) < 4.78 is 44.7. The maximum absolute atomic E-state index is 12.7. The standard InChI is InChI=1S/C25H60NO8Si7.C3H8O.Ti/c1-20(2)35(13)29-39(23(7)8)17-36(16-14-15-26)31-40(30-35,24(9)10)18-37(27,21(3)4)34-41(32-36,25(11)12)19-38(28,33-39)22(5)6;1-3(2)4;/h20-25,27-28H,13-19,26H2,1-12H3;3-4H,1-2H3;/q-1;;. The smallest absolute Gasteiger partial charge is 0.331 e. The molecule has 0 aliphatic carbocycles. The van der Waals surface area contributed by atoms with E-state index in [-0.39, 0.29) is 61.1 Å². The molecule has 0 aromatic heterocycles. The zero-order chi connectivity index (χ0) is 35.0. The first-order valence-electron chi connectivity index (χ1n) is 17.2. The van der Waals surface area contributed by atoms with E-state index in [1.165, 1.54) is 0 Å². The van der Waals surface area contributed by atoms with Crippen molar-refractivity contribution in [1.29, 1.82) is 0 Å². The van der Waals surface area contributed by atoms with Crippen LogP contribution in [0.15, 0.2) is 0 Å². The van der Waals surface area contributed by atoms with Crippen LogP contribution in [0.25, 0.3) is 0 Å². The molecule has 3 rings (SSSR count). The van der Waals surface area contributed by atoms with Gasteiger partial charge >= 0.3 is 51.4 Å². The van der Waals surface area contributed by atoms with Gasteiger partial charge in [0.05, 0.1) is 0 Å². The third-order valence-electron chi connectivity index (χ3n) is 9.71. The van der Waals surface area contributed by atoms with Crippen LogP contribution in [0.2, 0.25) is 56.3 Å². The van der Waals surface area contributed by atoms with Gasteiger partial charge in [0.2, 0.25) is 0 Å². The van der Waals surface area contributed by atoms with Gasteiger partial charge in [-0.25, -0.2) is 0 Å². The number of rotatable bonds is 9. The molecule has 3 aliphatic heterocycles. The third-order valence-corrected chi connectivity index (χ3v) is 50.5. The first kappa shape index (κ1) is 45.9. The van der Waals surface area contributed by atoms with Gasteiger partial charge in [0.15, 0.2) is 8.56 Å². The number of hydrogen-bond acceptors (Lipinski definition) is 10. The summed E-state index contributed by atoms with van der Waals surface area (Å²) in [5, 5.41) is 8.06. The van der Waals surface area contributed by atoms with E-state index in [0.29, 0.717) is 29.6 Å². The van der Waals surface area contributed by atoms with Gasteiger partial charge in [0.25, 0.3) is 0 Å². The topological polar surface area (TPSA) is 142 Å². The second-order valence-corrected chi connectivity index (χ2v) is 44.2. The Labute approximate surface area is 303 Å². The zero-order valence-corrected chi connectivity index (χ0v) is 39.9. The molecule has 18 heteroatoms. The second-order valence-electron chi connectivity index (χ2n) is 15.9. The van der Waals surface area contributed by atoms with Crippen LogP contribution < -0.4 is 5.73 Å². The van der Waals surface area contributed by atoms with Crippen LogP contribution in [-0.2, 0) is 46.4 Å². The summed E-state index contributed by atoms with van der Waals surface area (Å²) in [6.07, 6.45) is 0.578. The molecule has 46 heavy (non-hydrogen) atoms. The van der Waals surface area contributed by atoms with E-state index in [0.717, 1.165) is 6.42 Å². The average Bonchev–Trinajstić information content (AvgIpc) is 2.83. The van der Waals surface area contributed by atoms with E-state index < -0.39 is 59.9 Å². The van der Waals surface area contributed by atoms with E-state index in [1.54, 1.807) is 13.8 Å². The van der Waals surface area contributed by atoms with E-state index in [9.17, 15) is 9.59 Å². The van der Waals surface area contributed by atoms with Crippen LogP contribution in [0.1, 0.15) is 103 Å². The Morgan fingerprint density at radius 1 is 0.565 bits per heavy atom. The molecule has 0 aromatic carbocycles. The molecule has 3 saturated heterocycles. The minimum Gasteiger partial charge on any atom is -0.437 e. The molecule has 0 spiro atoms. The summed E-state index contributed by atoms with van der Waals surface area (Å²) >= 11 is 0. The molecule has 3 fully saturated rings. The molecule has 0 amide bonds. The Bertz CT molecular complexity index is 850. The van der Waals surface area contributed by atoms with Crippen LogP contribution in [0.3, 0.4) is 0 Å². The maximum atomic E-state index is 12.7. The molecule has 10 nitrogen and oxygen atoms in total. The Morgan fingerprint density at radius 3 is 1.17 bits per heavy atom. The van der Waals surface area contributed by atoms with Gasteiger partial charge in [-0.2, -0.15) is 0 Å². The molecule has 7 atom stereocenters. The molecule has 3 heterocycles.